The summed E-state index contributed by atoms with van der Waals surface area (Å²) in [6, 6.07) is 0. The summed E-state index contributed by atoms with van der Waals surface area (Å²) in [5, 5.41) is 10.6. The average molecular weight is 557 g/mol. The Labute approximate surface area is 257 Å². The Balaban J connectivity index is 0.00000400. The van der Waals surface area contributed by atoms with Gasteiger partial charge in [-0.2, -0.15) is 0 Å². The number of ether oxygens (including phenoxy) is 1. The molecule has 4 rings (SSSR count). The number of carbonyl (C=O) groups is 1. The quantitative estimate of drug-likeness (QED) is 0.273. The number of allylic oxidation sites excluding steroid dienone is 1. The summed E-state index contributed by atoms with van der Waals surface area (Å²) >= 11 is 0. The van der Waals surface area contributed by atoms with Crippen LogP contribution in [0, 0.1) is 46.3 Å². The number of hydrogen-bond donors (Lipinski definition) is 0. The van der Waals surface area contributed by atoms with E-state index in [4.69, 9.17) is 4.74 Å². The van der Waals surface area contributed by atoms with Gasteiger partial charge in [0.2, 0.25) is 0 Å². The Morgan fingerprint density at radius 3 is 2.55 bits per heavy atom. The smallest absolute Gasteiger partial charge is 0.550 e. The van der Waals surface area contributed by atoms with Crippen molar-refractivity contribution in [2.24, 2.45) is 46.3 Å². The van der Waals surface area contributed by atoms with Crippen molar-refractivity contribution in [3.8, 4) is 0 Å². The van der Waals surface area contributed by atoms with Crippen LogP contribution in [0.1, 0.15) is 112 Å². The third-order valence-electron chi connectivity index (χ3n) is 11.5. The van der Waals surface area contributed by atoms with E-state index < -0.39 is 16.8 Å². The van der Waals surface area contributed by atoms with Gasteiger partial charge in [-0.3, -0.25) is 4.21 Å². The second kappa shape index (κ2) is 14.0. The van der Waals surface area contributed by atoms with E-state index in [-0.39, 0.29) is 47.8 Å². The van der Waals surface area contributed by atoms with Crippen molar-refractivity contribution in [1.82, 2.24) is 0 Å². The molecular formula is C32H53NaO4S. The molecule has 3 saturated carbocycles. The molecule has 4 aliphatic carbocycles. The predicted octanol–water partition coefficient (Wildman–Crippen LogP) is 3.31. The largest absolute Gasteiger partial charge is 1.00 e. The molecule has 4 unspecified atom stereocenters. The molecular weight excluding hydrogens is 503 g/mol. The van der Waals surface area contributed by atoms with Gasteiger partial charge in [0, 0.05) is 28.3 Å². The van der Waals surface area contributed by atoms with Gasteiger partial charge >= 0.3 is 29.6 Å². The molecule has 0 amide bonds. The first-order valence-electron chi connectivity index (χ1n) is 15.4. The van der Waals surface area contributed by atoms with Crippen LogP contribution in [0.4, 0.5) is 0 Å². The van der Waals surface area contributed by atoms with E-state index >= 15 is 0 Å². The first-order chi connectivity index (χ1) is 17.5. The number of aliphatic carboxylic acids is 1. The second-order valence-corrected chi connectivity index (χ2v) is 15.7. The maximum absolute atomic E-state index is 12.0. The van der Waals surface area contributed by atoms with Gasteiger partial charge in [-0.05, 0) is 104 Å². The van der Waals surface area contributed by atoms with Crippen LogP contribution < -0.4 is 34.7 Å². The molecule has 0 aromatic heterocycles. The van der Waals surface area contributed by atoms with Gasteiger partial charge in [0.05, 0.1) is 12.7 Å². The Morgan fingerprint density at radius 2 is 1.84 bits per heavy atom. The van der Waals surface area contributed by atoms with Gasteiger partial charge in [0.1, 0.15) is 0 Å². The van der Waals surface area contributed by atoms with Crippen LogP contribution in [0.3, 0.4) is 0 Å². The summed E-state index contributed by atoms with van der Waals surface area (Å²) in [7, 11) is -1.14. The molecule has 6 heteroatoms. The molecule has 0 N–H and O–H groups in total. The maximum atomic E-state index is 12.0. The number of carboxylic acid groups (broad SMARTS) is 1. The van der Waals surface area contributed by atoms with Crippen molar-refractivity contribution in [2.75, 3.05) is 18.1 Å². The zero-order chi connectivity index (χ0) is 26.8. The molecule has 0 heterocycles. The summed E-state index contributed by atoms with van der Waals surface area (Å²) in [6.07, 6.45) is 17.1. The van der Waals surface area contributed by atoms with Crippen molar-refractivity contribution in [3.05, 3.63) is 11.6 Å². The van der Waals surface area contributed by atoms with Crippen molar-refractivity contribution < 1.29 is 48.4 Å². The molecule has 0 aromatic carbocycles. The molecule has 38 heavy (non-hydrogen) atoms. The number of hydrogen-bond acceptors (Lipinski definition) is 4. The van der Waals surface area contributed by atoms with Crippen LogP contribution in [-0.2, 0) is 20.3 Å². The Hall–Kier alpha value is 0.320. The van der Waals surface area contributed by atoms with Crippen LogP contribution in [0.25, 0.3) is 0 Å². The maximum Gasteiger partial charge on any atom is 1.00 e. The number of carboxylic acids is 1. The first-order valence-corrected chi connectivity index (χ1v) is 16.9. The second-order valence-electron chi connectivity index (χ2n) is 14.0. The predicted molar refractivity (Wildman–Crippen MR) is 150 cm³/mol. The van der Waals surface area contributed by atoms with E-state index in [1.54, 1.807) is 5.57 Å². The molecule has 0 bridgehead atoms. The van der Waals surface area contributed by atoms with Crippen LogP contribution in [0.15, 0.2) is 11.6 Å². The molecule has 0 saturated heterocycles. The Bertz CT molecular complexity index is 858. The zero-order valence-electron chi connectivity index (χ0n) is 25.3. The molecule has 0 aliphatic heterocycles. The van der Waals surface area contributed by atoms with Crippen LogP contribution in [0.2, 0.25) is 0 Å². The SMILES string of the molecule is CC(C)CCC[C@@H](C)[C@H]1CCC2C3CC=C4C[C@@H](OCCS(=O)CCC(=O)[O-])CC[C@]4(C)C3CC[C@@]21C.[Na+]. The molecule has 4 aliphatic rings. The molecule has 0 aromatic rings. The van der Waals surface area contributed by atoms with E-state index in [9.17, 15) is 14.1 Å². The van der Waals surface area contributed by atoms with Gasteiger partial charge in [-0.15, -0.1) is 0 Å². The fraction of sp³-hybridized carbons (Fsp3) is 0.906. The number of rotatable bonds is 12. The van der Waals surface area contributed by atoms with Gasteiger partial charge in [0.15, 0.2) is 0 Å². The van der Waals surface area contributed by atoms with Crippen LogP contribution in [-0.4, -0.2) is 34.4 Å². The van der Waals surface area contributed by atoms with E-state index in [2.05, 4.69) is 40.7 Å². The minimum Gasteiger partial charge on any atom is -0.550 e. The third-order valence-corrected chi connectivity index (χ3v) is 12.7. The summed E-state index contributed by atoms with van der Waals surface area (Å²) < 4.78 is 18.2. The van der Waals surface area contributed by atoms with Gasteiger partial charge in [-0.1, -0.05) is 65.5 Å². The van der Waals surface area contributed by atoms with E-state index in [0.717, 1.165) is 48.3 Å². The zero-order valence-corrected chi connectivity index (χ0v) is 28.1. The molecule has 0 spiro atoms. The first kappa shape index (κ1) is 32.8. The van der Waals surface area contributed by atoms with Gasteiger partial charge in [0.25, 0.3) is 0 Å². The van der Waals surface area contributed by atoms with Gasteiger partial charge < -0.3 is 14.6 Å². The van der Waals surface area contributed by atoms with Crippen LogP contribution >= 0.6 is 0 Å². The molecule has 212 valence electrons. The van der Waals surface area contributed by atoms with Crippen molar-refractivity contribution >= 4 is 16.8 Å². The molecule has 3 fully saturated rings. The summed E-state index contributed by atoms with van der Waals surface area (Å²) in [5.41, 5.74) is 2.48. The number of carbonyl (C=O) groups excluding carboxylic acids is 1. The fourth-order valence-electron chi connectivity index (χ4n) is 9.40. The summed E-state index contributed by atoms with van der Waals surface area (Å²) in [4.78, 5) is 10.6. The van der Waals surface area contributed by atoms with E-state index in [0.29, 0.717) is 23.2 Å². The normalized spacial score (nSPS) is 37.8. The van der Waals surface area contributed by atoms with E-state index in [1.807, 2.05) is 0 Å². The molecule has 4 nitrogen and oxygen atoms in total. The minimum absolute atomic E-state index is 0. The average Bonchev–Trinajstić information content (AvgIpc) is 3.20. The van der Waals surface area contributed by atoms with E-state index in [1.165, 1.54) is 57.8 Å². The van der Waals surface area contributed by atoms with Crippen molar-refractivity contribution in [1.29, 1.82) is 0 Å². The summed E-state index contributed by atoms with van der Waals surface area (Å²) in [6.45, 7) is 13.0. The fourth-order valence-corrected chi connectivity index (χ4v) is 10.3. The standard InChI is InChI=1S/C32H54O4S.Na/c1-22(2)7-6-8-23(3)27-11-12-28-26-10-9-24-21-25(36-18-20-37(35)19-15-30(33)34)13-16-31(24,4)29(26)14-17-32(27,28)5;/h9,22-23,25-29H,6-8,10-21H2,1-5H3,(H,33,34);/q;+1/p-1/t23-,25+,26?,27-,28?,29?,31+,32-,37?;/m1./s1. The monoisotopic (exact) mass is 556 g/mol. The Morgan fingerprint density at radius 1 is 1.08 bits per heavy atom. The van der Waals surface area contributed by atoms with Crippen molar-refractivity contribution in [3.63, 3.8) is 0 Å². The van der Waals surface area contributed by atoms with Gasteiger partial charge in [-0.25, -0.2) is 0 Å². The molecule has 9 atom stereocenters. The topological polar surface area (TPSA) is 66.4 Å². The summed E-state index contributed by atoms with van der Waals surface area (Å²) in [5.74, 6) is 4.61. The third kappa shape index (κ3) is 7.20. The van der Waals surface area contributed by atoms with Crippen LogP contribution in [0.5, 0.6) is 0 Å². The number of fused-ring (bicyclic) bond motifs is 5. The minimum atomic E-state index is -1.14. The Kier molecular flexibility index (Phi) is 12.1. The molecule has 0 radical (unpaired) electrons. The van der Waals surface area contributed by atoms with Crippen molar-refractivity contribution in [2.45, 2.75) is 118 Å².